The molecule has 2 aliphatic carbocycles. The summed E-state index contributed by atoms with van der Waals surface area (Å²) in [5, 5.41) is 18.2. The van der Waals surface area contributed by atoms with Gasteiger partial charge in [-0.15, -0.1) is 0 Å². The first kappa shape index (κ1) is 70.2. The van der Waals surface area contributed by atoms with Crippen molar-refractivity contribution in [2.45, 2.75) is 153 Å². The summed E-state index contributed by atoms with van der Waals surface area (Å²) in [6, 6.07) is 29.3. The van der Waals surface area contributed by atoms with Crippen LogP contribution < -0.4 is 47.4 Å². The molecule has 5 aromatic rings. The molecule has 1 spiro atoms. The van der Waals surface area contributed by atoms with Crippen molar-refractivity contribution in [1.29, 1.82) is 5.41 Å². The molecule has 2 bridgehead atoms. The van der Waals surface area contributed by atoms with E-state index < -0.39 is 54.0 Å². The number of aryl methyl sites for hydroxylation is 1. The van der Waals surface area contributed by atoms with Crippen molar-refractivity contribution >= 4 is 69.9 Å². The highest BCUT2D eigenvalue weighted by atomic mass is 16.6. The second-order valence-electron chi connectivity index (χ2n) is 26.2. The number of Topliss-reactive ketones (excluding diaryl/α,β-unsaturated/α-hetero) is 2. The van der Waals surface area contributed by atoms with Crippen LogP contribution in [0.25, 0.3) is 10.8 Å². The standard InChI is InChI=1S/C74H90N10O13/c1-4-47-16-18-51-42-60-58-27-29-62(67-74(58,32-37-83(60)3)65(51)66(47)97-67)96-73(92)84-36-31-54(40-55(84)23-28-61(86)59(14-10-34-81-72(77)78)82-63(87)30-15-45(2)85)70(90)79-33-9-8-13-53(43-64(88)94-44-46-11-6-5-7-12-46)69(89)80-35-38-93-56-24-20-48(21-25-56)71(91)95-57-26-22-49-39-52(68(75)76)19-17-50(49)41-57/h5-7,11-12,16-22,24-26,29,39,41,53-55,58-60,67H,4,8-10,13-15,23,27-28,30-38,40,42-44H2,1-3H3,(H3,75,76)(H,79,90)(H,80,89)(H,82,87)(H4,77,78,81)/t53-,54?,55?,58+,59-,60-,67+,74+/m1/s1. The Bertz CT molecular complexity index is 3800. The van der Waals surface area contributed by atoms with E-state index in [1.54, 1.807) is 65.6 Å². The van der Waals surface area contributed by atoms with Gasteiger partial charge in [-0.2, -0.15) is 0 Å². The lowest BCUT2D eigenvalue weighted by atomic mass is 9.53. The number of allylic oxidation sites excluding steroid dienone is 1. The third kappa shape index (κ3) is 17.3. The van der Waals surface area contributed by atoms with Crippen LogP contribution in [0.3, 0.4) is 0 Å². The second kappa shape index (κ2) is 32.4. The first-order valence-corrected chi connectivity index (χ1v) is 33.9. The molecule has 3 heterocycles. The fourth-order valence-electron chi connectivity index (χ4n) is 14.6. The van der Waals surface area contributed by atoms with E-state index in [0.717, 1.165) is 53.5 Å². The van der Waals surface area contributed by atoms with E-state index >= 15 is 0 Å². The number of ketones is 2. The number of benzene rings is 5. The Morgan fingerprint density at radius 1 is 0.814 bits per heavy atom. The van der Waals surface area contributed by atoms with E-state index in [1.807, 2.05) is 36.4 Å². The van der Waals surface area contributed by atoms with Crippen LogP contribution in [0, 0.1) is 23.2 Å². The van der Waals surface area contributed by atoms with Crippen molar-refractivity contribution in [3.8, 4) is 17.2 Å². The summed E-state index contributed by atoms with van der Waals surface area (Å²) >= 11 is 0. The molecule has 3 aliphatic heterocycles. The zero-order chi connectivity index (χ0) is 68.8. The van der Waals surface area contributed by atoms with Crippen molar-refractivity contribution < 1.29 is 62.0 Å². The molecule has 2 saturated heterocycles. The average Bonchev–Trinajstić information content (AvgIpc) is 1.55. The van der Waals surface area contributed by atoms with Gasteiger partial charge in [-0.25, -0.2) is 9.59 Å². The number of amidine groups is 1. The van der Waals surface area contributed by atoms with Gasteiger partial charge in [-0.3, -0.25) is 34.4 Å². The van der Waals surface area contributed by atoms with Crippen molar-refractivity contribution in [1.82, 2.24) is 25.8 Å². The number of ether oxygens (including phenoxy) is 5. The molecule has 514 valence electrons. The molecule has 2 unspecified atom stereocenters. The molecule has 8 atom stereocenters. The minimum Gasteiger partial charge on any atom is -0.492 e. The number of carbonyl (C=O) groups is 8. The number of nitrogens with two attached hydrogens (primary N) is 3. The van der Waals surface area contributed by atoms with E-state index in [-0.39, 0.29) is 131 Å². The van der Waals surface area contributed by atoms with Crippen LogP contribution in [-0.2, 0) is 63.1 Å². The maximum absolute atomic E-state index is 14.9. The van der Waals surface area contributed by atoms with Crippen LogP contribution in [0.5, 0.6) is 17.2 Å². The van der Waals surface area contributed by atoms with Gasteiger partial charge >= 0.3 is 18.0 Å². The smallest absolute Gasteiger partial charge is 0.415 e. The number of amides is 4. The van der Waals surface area contributed by atoms with Crippen LogP contribution in [0.4, 0.5) is 4.79 Å². The van der Waals surface area contributed by atoms with E-state index in [2.05, 4.69) is 51.9 Å². The Morgan fingerprint density at radius 2 is 1.58 bits per heavy atom. The maximum Gasteiger partial charge on any atom is 0.415 e. The summed E-state index contributed by atoms with van der Waals surface area (Å²) in [6.45, 7) is 5.27. The monoisotopic (exact) mass is 1330 g/mol. The highest BCUT2D eigenvalue weighted by Gasteiger charge is 2.64. The Hall–Kier alpha value is -9.64. The van der Waals surface area contributed by atoms with Crippen molar-refractivity contribution in [2.24, 2.45) is 39.9 Å². The summed E-state index contributed by atoms with van der Waals surface area (Å²) in [5.74, 6) is -1.60. The van der Waals surface area contributed by atoms with Crippen LogP contribution in [0.2, 0.25) is 0 Å². The number of likely N-dealkylation sites (N-methyl/N-ethyl adjacent to an activating group) is 1. The summed E-state index contributed by atoms with van der Waals surface area (Å²) in [7, 11) is 2.19. The fourth-order valence-corrected chi connectivity index (χ4v) is 14.6. The third-order valence-electron chi connectivity index (χ3n) is 19.7. The van der Waals surface area contributed by atoms with Gasteiger partial charge in [0, 0.05) is 79.4 Å². The van der Waals surface area contributed by atoms with Crippen LogP contribution in [0.15, 0.2) is 120 Å². The molecule has 5 aliphatic rings. The van der Waals surface area contributed by atoms with Gasteiger partial charge < -0.3 is 71.4 Å². The zero-order valence-electron chi connectivity index (χ0n) is 55.6. The first-order chi connectivity index (χ1) is 46.8. The molecule has 10 rings (SSSR count). The van der Waals surface area contributed by atoms with Gasteiger partial charge in [0.2, 0.25) is 17.7 Å². The molecule has 5 aromatic carbocycles. The SMILES string of the molecule is CCc1ccc2c3c1O[C@H]1C(OC(=O)N4CCC(C(=O)NCCCC[C@H](CC(=O)OCc5ccccc5)C(=O)NCCOc5ccc(C(=O)Oc6ccc7cc(C(=N)N)ccc7c6)cc5)CC4CCC(=O)[C@@H](CCCN=C(N)N)NC(=O)CCC(C)=O)=CC[C@H]4[C@@H](C2)N(C)CC[C@]314. The van der Waals surface area contributed by atoms with Crippen LogP contribution in [0.1, 0.15) is 142 Å². The normalized spacial score (nSPS) is 20.3. The number of likely N-dealkylation sites (tertiary alicyclic amines) is 2. The summed E-state index contributed by atoms with van der Waals surface area (Å²) in [5.41, 5.74) is 21.8. The number of fused-ring (bicyclic) bond motifs is 1. The van der Waals surface area contributed by atoms with E-state index in [1.165, 1.54) is 18.1 Å². The summed E-state index contributed by atoms with van der Waals surface area (Å²) < 4.78 is 30.7. The largest absolute Gasteiger partial charge is 0.492 e. The number of hydrogen-bond acceptors (Lipinski definition) is 16. The Labute approximate surface area is 565 Å². The number of aliphatic imine (C=N–C) groups is 1. The maximum atomic E-state index is 14.9. The Kier molecular flexibility index (Phi) is 23.4. The highest BCUT2D eigenvalue weighted by molar-refractivity contribution is 6.00. The van der Waals surface area contributed by atoms with Gasteiger partial charge in [-0.05, 0) is 173 Å². The molecule has 0 saturated carbocycles. The van der Waals surface area contributed by atoms with Crippen LogP contribution >= 0.6 is 0 Å². The average molecular weight is 1330 g/mol. The van der Waals surface area contributed by atoms with Gasteiger partial charge in [0.1, 0.15) is 47.8 Å². The van der Waals surface area contributed by atoms with E-state index in [4.69, 9.17) is 46.3 Å². The molecule has 0 radical (unpaired) electrons. The molecule has 10 N–H and O–H groups in total. The molecule has 2 fully saturated rings. The third-order valence-corrected chi connectivity index (χ3v) is 19.7. The number of hydrogen-bond donors (Lipinski definition) is 7. The van der Waals surface area contributed by atoms with Gasteiger partial charge in [0.15, 0.2) is 17.8 Å². The van der Waals surface area contributed by atoms with Gasteiger partial charge in [0.05, 0.1) is 24.6 Å². The number of nitrogen functional groups attached to an aromatic ring is 1. The quantitative estimate of drug-likeness (QED) is 0.00710. The molecule has 23 nitrogen and oxygen atoms in total. The molecular formula is C74H90N10O13. The Morgan fingerprint density at radius 3 is 2.34 bits per heavy atom. The lowest BCUT2D eigenvalue weighted by molar-refractivity contribution is -0.148. The lowest BCUT2D eigenvalue weighted by Crippen LogP contribution is -2.63. The van der Waals surface area contributed by atoms with Gasteiger partial charge in [-0.1, -0.05) is 74.0 Å². The van der Waals surface area contributed by atoms with E-state index in [9.17, 15) is 38.4 Å². The number of nitrogens with one attached hydrogen (secondary N) is 4. The minimum absolute atomic E-state index is 0.0189. The predicted octanol–water partition coefficient (Wildman–Crippen LogP) is 7.77. The number of rotatable bonds is 32. The number of guanidine groups is 1. The predicted molar refractivity (Wildman–Crippen MR) is 365 cm³/mol. The molecule has 4 amide bonds. The number of nitrogens with zero attached hydrogens (tertiary/aromatic N) is 3. The zero-order valence-corrected chi connectivity index (χ0v) is 55.6. The lowest BCUT2D eigenvalue weighted by Gasteiger charge is -2.56. The van der Waals surface area contributed by atoms with Crippen molar-refractivity contribution in [3.05, 3.63) is 148 Å². The molecular weight excluding hydrogens is 1240 g/mol. The molecule has 97 heavy (non-hydrogen) atoms. The van der Waals surface area contributed by atoms with Crippen molar-refractivity contribution in [3.63, 3.8) is 0 Å². The number of unbranched alkanes of at least 4 members (excludes halogenated alkanes) is 1. The molecule has 0 aromatic heterocycles. The van der Waals surface area contributed by atoms with Crippen LogP contribution in [-0.4, -0.2) is 140 Å². The minimum atomic E-state index is -0.920. The Balaban J connectivity index is 0.754. The molecule has 23 heteroatoms. The van der Waals surface area contributed by atoms with Crippen molar-refractivity contribution in [2.75, 3.05) is 46.4 Å². The number of esters is 2. The second-order valence-corrected chi connectivity index (χ2v) is 26.2. The fraction of sp³-hybridized carbons (Fsp3) is 0.459. The number of piperidine rings is 2. The van der Waals surface area contributed by atoms with Gasteiger partial charge in [0.25, 0.3) is 0 Å². The first-order valence-electron chi connectivity index (χ1n) is 33.9. The van der Waals surface area contributed by atoms with E-state index in [0.29, 0.717) is 73.0 Å². The highest BCUT2D eigenvalue weighted by Crippen LogP contribution is 2.63. The summed E-state index contributed by atoms with van der Waals surface area (Å²) in [4.78, 5) is 117. The number of carbonyl (C=O) groups excluding carboxylic acids is 8. The topological polar surface area (TPSA) is 340 Å². The summed E-state index contributed by atoms with van der Waals surface area (Å²) in [6.07, 6.45) is 6.46.